The Bertz CT molecular complexity index is 1250. The molecule has 5 fully saturated rings. The molecule has 0 spiro atoms. The average molecular weight is 620 g/mol. The Balaban J connectivity index is 1.19. The maximum Gasteiger partial charge on any atom is 0.260 e. The molecular formula is C31H40F3N5O5. The van der Waals surface area contributed by atoms with E-state index in [1.807, 2.05) is 4.90 Å². The molecule has 0 radical (unpaired) electrons. The standard InChI is InChI=1S/C31H40F3N5O5/c32-20-14-25-28(41)35-21-15-26(38(17-21)22-7-9-31(33,34)10-8-22)29(42)36-24(30(43)39(25)16-20)13-19-3-5-23(6-4-19)44-18-27(40)37-11-1-2-12-37/h3-6,20-22,24-26H,1-2,7-18H2,(H,35,41)(H,36,42)/t20-,21+,24-,25-,26-/m0/s1. The Morgan fingerprint density at radius 1 is 0.932 bits per heavy atom. The van der Waals surface area contributed by atoms with Crippen LogP contribution in [-0.4, -0.2) is 113 Å². The van der Waals surface area contributed by atoms with E-state index in [4.69, 9.17) is 4.74 Å². The first-order chi connectivity index (χ1) is 21.1. The van der Waals surface area contributed by atoms with Gasteiger partial charge in [-0.3, -0.25) is 24.1 Å². The van der Waals surface area contributed by atoms with Crippen LogP contribution < -0.4 is 15.4 Å². The molecule has 6 rings (SSSR count). The molecule has 2 bridgehead atoms. The van der Waals surface area contributed by atoms with Crippen molar-refractivity contribution in [1.82, 2.24) is 25.3 Å². The van der Waals surface area contributed by atoms with Gasteiger partial charge in [0, 0.05) is 57.4 Å². The van der Waals surface area contributed by atoms with Gasteiger partial charge in [0.05, 0.1) is 12.6 Å². The monoisotopic (exact) mass is 619 g/mol. The quantitative estimate of drug-likeness (QED) is 0.503. The third kappa shape index (κ3) is 6.67. The zero-order chi connectivity index (χ0) is 31.0. The molecular weight excluding hydrogens is 579 g/mol. The van der Waals surface area contributed by atoms with Gasteiger partial charge >= 0.3 is 0 Å². The normalized spacial score (nSPS) is 31.3. The van der Waals surface area contributed by atoms with Gasteiger partial charge < -0.3 is 25.2 Å². The van der Waals surface area contributed by atoms with Gasteiger partial charge in [-0.25, -0.2) is 13.2 Å². The lowest BCUT2D eigenvalue weighted by Gasteiger charge is -2.38. The second kappa shape index (κ2) is 12.6. The first kappa shape index (κ1) is 30.7. The molecule has 1 aromatic carbocycles. The molecule has 1 aliphatic carbocycles. The molecule has 10 nitrogen and oxygen atoms in total. The third-order valence-electron chi connectivity index (χ3n) is 9.78. The molecule has 4 saturated heterocycles. The molecule has 44 heavy (non-hydrogen) atoms. The number of amides is 4. The van der Waals surface area contributed by atoms with Crippen molar-refractivity contribution in [2.45, 2.75) is 100 Å². The number of rotatable bonds is 6. The summed E-state index contributed by atoms with van der Waals surface area (Å²) in [6.45, 7) is 1.49. The van der Waals surface area contributed by atoms with Crippen molar-refractivity contribution in [1.29, 1.82) is 0 Å². The molecule has 0 unspecified atom stereocenters. The molecule has 13 heteroatoms. The SMILES string of the molecule is O=C1N[C@@H]2C[C@@H](C(=O)N[C@@H](Cc3ccc(OCC(=O)N4CCCC4)cc3)C(=O)N3C[C@@H](F)C[C@@H]13)N(C1CCC(F)(F)CC1)C2. The van der Waals surface area contributed by atoms with Gasteiger partial charge in [0.2, 0.25) is 23.6 Å². The Kier molecular flexibility index (Phi) is 8.76. The van der Waals surface area contributed by atoms with Crippen LogP contribution in [0.1, 0.15) is 56.9 Å². The van der Waals surface area contributed by atoms with E-state index in [1.165, 1.54) is 4.90 Å². The number of hydrogen-bond donors (Lipinski definition) is 2. The van der Waals surface area contributed by atoms with E-state index in [9.17, 15) is 32.3 Å². The maximum absolute atomic E-state index is 14.6. The van der Waals surface area contributed by atoms with Gasteiger partial charge in [-0.2, -0.15) is 0 Å². The first-order valence-electron chi connectivity index (χ1n) is 15.7. The van der Waals surface area contributed by atoms with Crippen LogP contribution in [0.5, 0.6) is 5.75 Å². The fourth-order valence-electron chi connectivity index (χ4n) is 7.39. The summed E-state index contributed by atoms with van der Waals surface area (Å²) in [5.41, 5.74) is 0.699. The Morgan fingerprint density at radius 3 is 2.32 bits per heavy atom. The number of carbonyl (C=O) groups is 4. The Hall–Kier alpha value is -3.35. The summed E-state index contributed by atoms with van der Waals surface area (Å²) in [5.74, 6) is -3.72. The zero-order valence-electron chi connectivity index (χ0n) is 24.7. The minimum absolute atomic E-state index is 0.0715. The van der Waals surface area contributed by atoms with Crippen LogP contribution in [0.2, 0.25) is 0 Å². The maximum atomic E-state index is 14.6. The number of nitrogens with one attached hydrogen (secondary N) is 2. The Labute approximate surface area is 254 Å². The lowest BCUT2D eigenvalue weighted by molar-refractivity contribution is -0.142. The number of fused-ring (bicyclic) bond motifs is 3. The molecule has 4 heterocycles. The second-order valence-corrected chi connectivity index (χ2v) is 12.9. The van der Waals surface area contributed by atoms with Crippen molar-refractivity contribution in [3.05, 3.63) is 29.8 Å². The van der Waals surface area contributed by atoms with E-state index < -0.39 is 54.0 Å². The summed E-state index contributed by atoms with van der Waals surface area (Å²) >= 11 is 0. The van der Waals surface area contributed by atoms with Crippen LogP contribution >= 0.6 is 0 Å². The van der Waals surface area contributed by atoms with Crippen molar-refractivity contribution in [3.8, 4) is 5.75 Å². The number of carbonyl (C=O) groups excluding carboxylic acids is 4. The lowest BCUT2D eigenvalue weighted by atomic mass is 9.90. The van der Waals surface area contributed by atoms with Crippen LogP contribution in [0, 0.1) is 0 Å². The molecule has 4 amide bonds. The van der Waals surface area contributed by atoms with Gasteiger partial charge in [0.15, 0.2) is 6.61 Å². The second-order valence-electron chi connectivity index (χ2n) is 12.9. The van der Waals surface area contributed by atoms with Gasteiger partial charge in [0.25, 0.3) is 5.91 Å². The molecule has 2 N–H and O–H groups in total. The van der Waals surface area contributed by atoms with Gasteiger partial charge in [-0.1, -0.05) is 12.1 Å². The molecule has 240 valence electrons. The van der Waals surface area contributed by atoms with Crippen LogP contribution in [0.25, 0.3) is 0 Å². The number of nitrogens with zero attached hydrogens (tertiary/aromatic N) is 3. The summed E-state index contributed by atoms with van der Waals surface area (Å²) in [6, 6.07) is 3.44. The van der Waals surface area contributed by atoms with Crippen molar-refractivity contribution < 1.29 is 37.1 Å². The summed E-state index contributed by atoms with van der Waals surface area (Å²) in [7, 11) is 0. The van der Waals surface area contributed by atoms with Crippen molar-refractivity contribution in [3.63, 3.8) is 0 Å². The topological polar surface area (TPSA) is 111 Å². The predicted octanol–water partition coefficient (Wildman–Crippen LogP) is 1.80. The summed E-state index contributed by atoms with van der Waals surface area (Å²) in [5, 5.41) is 5.81. The smallest absolute Gasteiger partial charge is 0.260 e. The molecule has 4 aliphatic heterocycles. The number of ether oxygens (including phenoxy) is 1. The molecule has 5 atom stereocenters. The average Bonchev–Trinajstić information content (AvgIpc) is 3.76. The highest BCUT2D eigenvalue weighted by Crippen LogP contribution is 2.38. The van der Waals surface area contributed by atoms with E-state index in [-0.39, 0.29) is 70.0 Å². The fraction of sp³-hybridized carbons (Fsp3) is 0.677. The van der Waals surface area contributed by atoms with Gasteiger partial charge in [-0.05, 0) is 49.8 Å². The van der Waals surface area contributed by atoms with Crippen LogP contribution in [-0.2, 0) is 25.6 Å². The van der Waals surface area contributed by atoms with E-state index in [1.54, 1.807) is 29.2 Å². The van der Waals surface area contributed by atoms with Crippen molar-refractivity contribution in [2.24, 2.45) is 0 Å². The van der Waals surface area contributed by atoms with Crippen molar-refractivity contribution in [2.75, 3.05) is 32.8 Å². The van der Waals surface area contributed by atoms with Gasteiger partial charge in [-0.15, -0.1) is 0 Å². The van der Waals surface area contributed by atoms with E-state index >= 15 is 0 Å². The first-order valence-corrected chi connectivity index (χ1v) is 15.7. The minimum Gasteiger partial charge on any atom is -0.484 e. The highest BCUT2D eigenvalue weighted by molar-refractivity contribution is 5.94. The minimum atomic E-state index is -2.72. The number of halogens is 3. The number of likely N-dealkylation sites (tertiary alicyclic amines) is 2. The number of alkyl halides is 3. The number of hydrogen-bond acceptors (Lipinski definition) is 6. The largest absolute Gasteiger partial charge is 0.484 e. The summed E-state index contributed by atoms with van der Waals surface area (Å²) < 4.78 is 48.1. The third-order valence-corrected chi connectivity index (χ3v) is 9.78. The molecule has 1 saturated carbocycles. The number of benzene rings is 1. The Morgan fingerprint density at radius 2 is 1.61 bits per heavy atom. The van der Waals surface area contributed by atoms with E-state index in [2.05, 4.69) is 10.6 Å². The summed E-state index contributed by atoms with van der Waals surface area (Å²) in [6.07, 6.45) is 0.793. The lowest BCUT2D eigenvalue weighted by Crippen LogP contribution is -2.58. The van der Waals surface area contributed by atoms with Crippen LogP contribution in [0.15, 0.2) is 24.3 Å². The summed E-state index contributed by atoms with van der Waals surface area (Å²) in [4.78, 5) is 58.1. The molecule has 1 aromatic rings. The van der Waals surface area contributed by atoms with E-state index in [0.29, 0.717) is 17.9 Å². The highest BCUT2D eigenvalue weighted by atomic mass is 19.3. The van der Waals surface area contributed by atoms with Crippen LogP contribution in [0.3, 0.4) is 0 Å². The molecule has 0 aromatic heterocycles. The fourth-order valence-corrected chi connectivity index (χ4v) is 7.39. The van der Waals surface area contributed by atoms with Crippen molar-refractivity contribution >= 4 is 23.6 Å². The van der Waals surface area contributed by atoms with E-state index in [0.717, 1.165) is 25.9 Å². The predicted molar refractivity (Wildman–Crippen MR) is 153 cm³/mol. The van der Waals surface area contributed by atoms with Crippen LogP contribution in [0.4, 0.5) is 13.2 Å². The molecule has 5 aliphatic rings. The zero-order valence-corrected chi connectivity index (χ0v) is 24.7. The van der Waals surface area contributed by atoms with Gasteiger partial charge in [0.1, 0.15) is 24.0 Å². The highest BCUT2D eigenvalue weighted by Gasteiger charge is 2.48.